The highest BCUT2D eigenvalue weighted by Crippen LogP contribution is 2.23. The van der Waals surface area contributed by atoms with Crippen LogP contribution in [0.15, 0.2) is 6.07 Å². The summed E-state index contributed by atoms with van der Waals surface area (Å²) in [5.74, 6) is -1.34. The number of hydrogen-bond acceptors (Lipinski definition) is 2. The van der Waals surface area contributed by atoms with Crippen LogP contribution < -0.4 is 0 Å². The fourth-order valence-corrected chi connectivity index (χ4v) is 1.63. The monoisotopic (exact) mass is 239 g/mol. The third kappa shape index (κ3) is 2.19. The molecule has 0 N–H and O–H groups in total. The summed E-state index contributed by atoms with van der Waals surface area (Å²) in [4.78, 5) is 14.5. The van der Waals surface area contributed by atoms with Gasteiger partial charge < -0.3 is 0 Å². The zero-order valence-corrected chi connectivity index (χ0v) is 8.53. The number of aryl methyl sites for hydroxylation is 1. The molecule has 14 heavy (non-hydrogen) atoms. The molecule has 0 radical (unpaired) electrons. The summed E-state index contributed by atoms with van der Waals surface area (Å²) in [6.07, 6.45) is -3.09. The van der Waals surface area contributed by atoms with Crippen LogP contribution in [0.4, 0.5) is 8.78 Å². The number of nitrogens with zero attached hydrogens (tertiary/aromatic N) is 1. The molecule has 6 heteroatoms. The van der Waals surface area contributed by atoms with Crippen molar-refractivity contribution in [2.24, 2.45) is 0 Å². The zero-order valence-electron chi connectivity index (χ0n) is 7.02. The second-order valence-corrected chi connectivity index (χ2v) is 3.34. The Labute approximate surface area is 88.8 Å². The number of aromatic nitrogens is 1. The van der Waals surface area contributed by atoms with E-state index in [2.05, 4.69) is 4.98 Å². The highest BCUT2D eigenvalue weighted by atomic mass is 35.5. The number of rotatable bonds is 2. The SMILES string of the molecule is Cc1cc(Cl)nc(Cl)c1C(=O)C(F)F. The molecular weight excluding hydrogens is 235 g/mol. The van der Waals surface area contributed by atoms with E-state index in [4.69, 9.17) is 23.2 Å². The van der Waals surface area contributed by atoms with Crippen molar-refractivity contribution in [1.29, 1.82) is 0 Å². The highest BCUT2D eigenvalue weighted by molar-refractivity contribution is 6.35. The summed E-state index contributed by atoms with van der Waals surface area (Å²) in [6, 6.07) is 1.31. The minimum absolute atomic E-state index is 0.0679. The molecule has 0 aliphatic rings. The van der Waals surface area contributed by atoms with Crippen LogP contribution in [0.2, 0.25) is 10.3 Å². The van der Waals surface area contributed by atoms with Crippen LogP contribution in [0, 0.1) is 6.92 Å². The molecule has 1 heterocycles. The molecule has 76 valence electrons. The van der Waals surface area contributed by atoms with Gasteiger partial charge in [0.15, 0.2) is 0 Å². The quantitative estimate of drug-likeness (QED) is 0.587. The van der Waals surface area contributed by atoms with Crippen LogP contribution in [0.1, 0.15) is 15.9 Å². The molecule has 0 amide bonds. The van der Waals surface area contributed by atoms with Crippen LogP contribution in [-0.2, 0) is 0 Å². The van der Waals surface area contributed by atoms with E-state index in [0.29, 0.717) is 5.56 Å². The molecule has 0 unspecified atom stereocenters. The van der Waals surface area contributed by atoms with Crippen molar-refractivity contribution in [3.8, 4) is 0 Å². The minimum atomic E-state index is -3.09. The molecule has 1 aromatic heterocycles. The standard InChI is InChI=1S/C8H5Cl2F2NO/c1-3-2-4(9)13-7(10)5(3)6(14)8(11)12/h2,8H,1H3. The van der Waals surface area contributed by atoms with Gasteiger partial charge in [0.1, 0.15) is 10.3 Å². The summed E-state index contributed by atoms with van der Waals surface area (Å²) < 4.78 is 24.2. The summed E-state index contributed by atoms with van der Waals surface area (Å²) in [5.41, 5.74) is 0.0198. The van der Waals surface area contributed by atoms with Gasteiger partial charge in [-0.1, -0.05) is 23.2 Å². The summed E-state index contributed by atoms with van der Waals surface area (Å²) in [6.45, 7) is 1.47. The Bertz CT molecular complexity index is 359. The smallest absolute Gasteiger partial charge is 0.288 e. The molecule has 1 rings (SSSR count). The number of ketones is 1. The van der Waals surface area contributed by atoms with E-state index in [-0.39, 0.29) is 15.9 Å². The van der Waals surface area contributed by atoms with Crippen LogP contribution >= 0.6 is 23.2 Å². The van der Waals surface area contributed by atoms with Crippen molar-refractivity contribution in [2.75, 3.05) is 0 Å². The lowest BCUT2D eigenvalue weighted by molar-refractivity contribution is 0.0678. The molecule has 0 saturated carbocycles. The average molecular weight is 240 g/mol. The van der Waals surface area contributed by atoms with E-state index in [1.807, 2.05) is 0 Å². The first kappa shape index (κ1) is 11.3. The molecule has 0 aromatic carbocycles. The lowest BCUT2D eigenvalue weighted by Gasteiger charge is -2.05. The molecule has 0 fully saturated rings. The zero-order chi connectivity index (χ0) is 10.9. The van der Waals surface area contributed by atoms with Gasteiger partial charge in [-0.15, -0.1) is 0 Å². The Morgan fingerprint density at radius 3 is 2.50 bits per heavy atom. The van der Waals surface area contributed by atoms with E-state index in [9.17, 15) is 13.6 Å². The molecule has 0 atom stereocenters. The molecule has 0 saturated heterocycles. The Morgan fingerprint density at radius 1 is 1.50 bits per heavy atom. The van der Waals surface area contributed by atoms with Crippen LogP contribution in [0.3, 0.4) is 0 Å². The third-order valence-electron chi connectivity index (χ3n) is 1.59. The topological polar surface area (TPSA) is 30.0 Å². The van der Waals surface area contributed by atoms with Gasteiger partial charge in [0.2, 0.25) is 5.78 Å². The molecule has 1 aromatic rings. The number of carbonyl (C=O) groups excluding carboxylic acids is 1. The number of pyridine rings is 1. The largest absolute Gasteiger partial charge is 0.300 e. The normalized spacial score (nSPS) is 10.7. The van der Waals surface area contributed by atoms with E-state index in [1.165, 1.54) is 13.0 Å². The number of hydrogen-bond donors (Lipinski definition) is 0. The van der Waals surface area contributed by atoms with E-state index < -0.39 is 12.2 Å². The van der Waals surface area contributed by atoms with Gasteiger partial charge in [-0.05, 0) is 18.6 Å². The lowest BCUT2D eigenvalue weighted by Crippen LogP contribution is -2.13. The van der Waals surface area contributed by atoms with E-state index in [0.717, 1.165) is 0 Å². The molecule has 2 nitrogen and oxygen atoms in total. The maximum absolute atomic E-state index is 12.1. The maximum atomic E-state index is 12.1. The van der Waals surface area contributed by atoms with Crippen molar-refractivity contribution < 1.29 is 13.6 Å². The van der Waals surface area contributed by atoms with Crippen molar-refractivity contribution in [3.05, 3.63) is 27.5 Å². The first-order valence-corrected chi connectivity index (χ1v) is 4.34. The average Bonchev–Trinajstić information content (AvgIpc) is 2.01. The Hall–Kier alpha value is -0.740. The minimum Gasteiger partial charge on any atom is -0.288 e. The summed E-state index contributed by atoms with van der Waals surface area (Å²) in [7, 11) is 0. The first-order chi connectivity index (χ1) is 6.43. The molecule has 0 bridgehead atoms. The molecular formula is C8H5Cl2F2NO. The predicted molar refractivity (Wildman–Crippen MR) is 49.3 cm³/mol. The van der Waals surface area contributed by atoms with Crippen molar-refractivity contribution in [1.82, 2.24) is 4.98 Å². The second-order valence-electron chi connectivity index (χ2n) is 2.59. The van der Waals surface area contributed by atoms with Gasteiger partial charge >= 0.3 is 6.43 Å². The summed E-state index contributed by atoms with van der Waals surface area (Å²) >= 11 is 11.0. The Morgan fingerprint density at radius 2 is 2.07 bits per heavy atom. The van der Waals surface area contributed by atoms with Gasteiger partial charge in [-0.3, -0.25) is 4.79 Å². The van der Waals surface area contributed by atoms with Crippen LogP contribution in [0.25, 0.3) is 0 Å². The lowest BCUT2D eigenvalue weighted by atomic mass is 10.1. The first-order valence-electron chi connectivity index (χ1n) is 3.58. The van der Waals surface area contributed by atoms with Crippen molar-refractivity contribution >= 4 is 29.0 Å². The van der Waals surface area contributed by atoms with Crippen molar-refractivity contribution in [2.45, 2.75) is 13.3 Å². The van der Waals surface area contributed by atoms with Gasteiger partial charge in [-0.25, -0.2) is 13.8 Å². The Balaban J connectivity index is 3.28. The summed E-state index contributed by atoms with van der Waals surface area (Å²) in [5, 5.41) is -0.224. The highest BCUT2D eigenvalue weighted by Gasteiger charge is 2.23. The number of Topliss-reactive ketones (excluding diaryl/α,β-unsaturated/α-hetero) is 1. The predicted octanol–water partition coefficient (Wildman–Crippen LogP) is 3.14. The molecule has 0 aliphatic heterocycles. The van der Waals surface area contributed by atoms with Gasteiger partial charge in [-0.2, -0.15) is 0 Å². The number of alkyl halides is 2. The van der Waals surface area contributed by atoms with Crippen molar-refractivity contribution in [3.63, 3.8) is 0 Å². The van der Waals surface area contributed by atoms with E-state index >= 15 is 0 Å². The Kier molecular flexibility index (Phi) is 3.39. The fourth-order valence-electron chi connectivity index (χ4n) is 1.00. The van der Waals surface area contributed by atoms with Crippen LogP contribution in [0.5, 0.6) is 0 Å². The maximum Gasteiger partial charge on any atom is 0.300 e. The third-order valence-corrected chi connectivity index (χ3v) is 2.05. The number of halogens is 4. The van der Waals surface area contributed by atoms with Gasteiger partial charge in [0.05, 0.1) is 5.56 Å². The van der Waals surface area contributed by atoms with Crippen LogP contribution in [-0.4, -0.2) is 17.2 Å². The second kappa shape index (κ2) is 4.19. The molecule has 0 spiro atoms. The van der Waals surface area contributed by atoms with E-state index in [1.54, 1.807) is 0 Å². The molecule has 0 aliphatic carbocycles. The van der Waals surface area contributed by atoms with Gasteiger partial charge in [0.25, 0.3) is 0 Å². The van der Waals surface area contributed by atoms with Gasteiger partial charge in [0, 0.05) is 0 Å². The fraction of sp³-hybridized carbons (Fsp3) is 0.250. The number of carbonyl (C=O) groups is 1.